The van der Waals surface area contributed by atoms with Gasteiger partial charge in [0.1, 0.15) is 12.0 Å². The number of rotatable bonds is 4. The molecule has 6 nitrogen and oxygen atoms in total. The summed E-state index contributed by atoms with van der Waals surface area (Å²) >= 11 is 0. The van der Waals surface area contributed by atoms with Crippen molar-refractivity contribution in [3.8, 4) is 11.4 Å². The van der Waals surface area contributed by atoms with Crippen LogP contribution in [0.2, 0.25) is 0 Å². The Labute approximate surface area is 172 Å². The van der Waals surface area contributed by atoms with Crippen LogP contribution >= 0.6 is 0 Å². The van der Waals surface area contributed by atoms with Gasteiger partial charge in [0.05, 0.1) is 16.9 Å². The number of nitrogens with zero attached hydrogens (tertiary/aromatic N) is 4. The van der Waals surface area contributed by atoms with Gasteiger partial charge >= 0.3 is 0 Å². The molecule has 2 aromatic heterocycles. The SMILES string of the molecule is O=C(c1cccnc1-c1ccncn1)N1CCC(O)(Cc2ccc(F)c(F)c2)CC1. The smallest absolute Gasteiger partial charge is 0.256 e. The van der Waals surface area contributed by atoms with Gasteiger partial charge in [-0.3, -0.25) is 9.78 Å². The lowest BCUT2D eigenvalue weighted by Crippen LogP contribution is -2.47. The van der Waals surface area contributed by atoms with Gasteiger partial charge in [0, 0.05) is 31.9 Å². The predicted molar refractivity (Wildman–Crippen MR) is 105 cm³/mol. The van der Waals surface area contributed by atoms with E-state index in [4.69, 9.17) is 0 Å². The molecule has 0 bridgehead atoms. The first-order valence-electron chi connectivity index (χ1n) is 9.62. The highest BCUT2D eigenvalue weighted by Gasteiger charge is 2.35. The van der Waals surface area contributed by atoms with Gasteiger partial charge in [-0.2, -0.15) is 0 Å². The van der Waals surface area contributed by atoms with Crippen LogP contribution in [-0.4, -0.2) is 49.6 Å². The number of benzene rings is 1. The first kappa shape index (κ1) is 20.0. The monoisotopic (exact) mass is 410 g/mol. The van der Waals surface area contributed by atoms with Crippen LogP contribution in [0.15, 0.2) is 55.1 Å². The topological polar surface area (TPSA) is 79.2 Å². The lowest BCUT2D eigenvalue weighted by atomic mass is 9.85. The molecule has 1 saturated heterocycles. The van der Waals surface area contributed by atoms with Gasteiger partial charge in [0.2, 0.25) is 0 Å². The molecule has 0 atom stereocenters. The van der Waals surface area contributed by atoms with Gasteiger partial charge in [-0.1, -0.05) is 6.07 Å². The molecule has 0 aliphatic carbocycles. The first-order valence-corrected chi connectivity index (χ1v) is 9.62. The Bertz CT molecular complexity index is 1050. The van der Waals surface area contributed by atoms with E-state index in [0.717, 1.165) is 12.1 Å². The second kappa shape index (κ2) is 8.23. The van der Waals surface area contributed by atoms with Crippen molar-refractivity contribution in [2.45, 2.75) is 24.9 Å². The molecular weight excluding hydrogens is 390 g/mol. The number of hydrogen-bond donors (Lipinski definition) is 1. The van der Waals surface area contributed by atoms with Crippen LogP contribution < -0.4 is 0 Å². The summed E-state index contributed by atoms with van der Waals surface area (Å²) in [5, 5.41) is 10.9. The summed E-state index contributed by atoms with van der Waals surface area (Å²) in [7, 11) is 0. The van der Waals surface area contributed by atoms with Crippen molar-refractivity contribution in [3.63, 3.8) is 0 Å². The number of piperidine rings is 1. The molecule has 154 valence electrons. The minimum Gasteiger partial charge on any atom is -0.389 e. The van der Waals surface area contributed by atoms with Crippen molar-refractivity contribution in [1.82, 2.24) is 19.9 Å². The lowest BCUT2D eigenvalue weighted by Gasteiger charge is -2.38. The first-order chi connectivity index (χ1) is 14.5. The number of likely N-dealkylation sites (tertiary alicyclic amines) is 1. The maximum absolute atomic E-state index is 13.5. The summed E-state index contributed by atoms with van der Waals surface area (Å²) in [6.07, 6.45) is 5.46. The predicted octanol–water partition coefficient (Wildman–Crippen LogP) is 3.03. The van der Waals surface area contributed by atoms with E-state index < -0.39 is 17.2 Å². The largest absolute Gasteiger partial charge is 0.389 e. The van der Waals surface area contributed by atoms with E-state index in [1.165, 1.54) is 12.4 Å². The van der Waals surface area contributed by atoms with E-state index in [-0.39, 0.29) is 12.3 Å². The summed E-state index contributed by atoms with van der Waals surface area (Å²) in [5.41, 5.74) is 0.913. The Morgan fingerprint density at radius 2 is 1.87 bits per heavy atom. The van der Waals surface area contributed by atoms with Crippen LogP contribution in [0.5, 0.6) is 0 Å². The van der Waals surface area contributed by atoms with Gasteiger partial charge < -0.3 is 10.0 Å². The Morgan fingerprint density at radius 1 is 1.07 bits per heavy atom. The number of aliphatic hydroxyl groups is 1. The van der Waals surface area contributed by atoms with Crippen molar-refractivity contribution < 1.29 is 18.7 Å². The molecule has 0 unspecified atom stereocenters. The maximum Gasteiger partial charge on any atom is 0.256 e. The molecule has 1 fully saturated rings. The van der Waals surface area contributed by atoms with Gasteiger partial charge in [0.15, 0.2) is 11.6 Å². The fourth-order valence-electron chi connectivity index (χ4n) is 3.72. The molecule has 3 heterocycles. The molecule has 0 spiro atoms. The lowest BCUT2D eigenvalue weighted by molar-refractivity contribution is -0.0162. The van der Waals surface area contributed by atoms with Gasteiger partial charge in [-0.15, -0.1) is 0 Å². The average molecular weight is 410 g/mol. The third-order valence-electron chi connectivity index (χ3n) is 5.36. The minimum atomic E-state index is -1.08. The molecule has 0 saturated carbocycles. The highest BCUT2D eigenvalue weighted by atomic mass is 19.2. The number of hydrogen-bond acceptors (Lipinski definition) is 5. The fourth-order valence-corrected chi connectivity index (χ4v) is 3.72. The van der Waals surface area contributed by atoms with Crippen molar-refractivity contribution in [2.75, 3.05) is 13.1 Å². The van der Waals surface area contributed by atoms with Crippen LogP contribution in [0.4, 0.5) is 8.78 Å². The Hall–Kier alpha value is -3.26. The second-order valence-electron chi connectivity index (χ2n) is 7.44. The average Bonchev–Trinajstić information content (AvgIpc) is 2.77. The summed E-state index contributed by atoms with van der Waals surface area (Å²) in [5.74, 6) is -2.04. The van der Waals surface area contributed by atoms with Crippen molar-refractivity contribution in [1.29, 1.82) is 0 Å². The van der Waals surface area contributed by atoms with Crippen LogP contribution in [0, 0.1) is 11.6 Å². The number of aromatic nitrogens is 3. The van der Waals surface area contributed by atoms with Crippen molar-refractivity contribution >= 4 is 5.91 Å². The Kier molecular flexibility index (Phi) is 5.50. The molecule has 1 aliphatic heterocycles. The minimum absolute atomic E-state index is 0.188. The van der Waals surface area contributed by atoms with E-state index in [1.54, 1.807) is 35.5 Å². The van der Waals surface area contributed by atoms with Crippen molar-refractivity contribution in [2.24, 2.45) is 0 Å². The van der Waals surface area contributed by atoms with Gasteiger partial charge in [0.25, 0.3) is 5.91 Å². The Morgan fingerprint density at radius 3 is 2.57 bits per heavy atom. The molecular formula is C22H20F2N4O2. The number of carbonyl (C=O) groups is 1. The van der Waals surface area contributed by atoms with Gasteiger partial charge in [-0.05, 0) is 48.7 Å². The molecule has 4 rings (SSSR count). The maximum atomic E-state index is 13.5. The van der Waals surface area contributed by atoms with Crippen LogP contribution in [-0.2, 0) is 6.42 Å². The molecule has 30 heavy (non-hydrogen) atoms. The molecule has 8 heteroatoms. The zero-order chi connectivity index (χ0) is 21.1. The van der Waals surface area contributed by atoms with E-state index in [0.29, 0.717) is 48.4 Å². The molecule has 0 radical (unpaired) electrons. The quantitative estimate of drug-likeness (QED) is 0.715. The molecule has 1 N–H and O–H groups in total. The molecule has 1 amide bonds. The highest BCUT2D eigenvalue weighted by Crippen LogP contribution is 2.29. The summed E-state index contributed by atoms with van der Waals surface area (Å²) < 4.78 is 26.6. The van der Waals surface area contributed by atoms with Crippen molar-refractivity contribution in [3.05, 3.63) is 77.9 Å². The third kappa shape index (κ3) is 4.18. The number of pyridine rings is 1. The van der Waals surface area contributed by atoms with Crippen LogP contribution in [0.1, 0.15) is 28.8 Å². The third-order valence-corrected chi connectivity index (χ3v) is 5.36. The highest BCUT2D eigenvalue weighted by molar-refractivity contribution is 5.99. The van der Waals surface area contributed by atoms with E-state index in [9.17, 15) is 18.7 Å². The summed E-state index contributed by atoms with van der Waals surface area (Å²) in [4.78, 5) is 27.2. The standard InChI is InChI=1S/C22H20F2N4O2/c23-17-4-3-15(12-18(17)24)13-22(30)6-10-28(11-7-22)21(29)16-2-1-8-26-20(16)19-5-9-25-14-27-19/h1-5,8-9,12,14,30H,6-7,10-11,13H2. The van der Waals surface area contributed by atoms with Crippen LogP contribution in [0.25, 0.3) is 11.4 Å². The Balaban J connectivity index is 1.47. The van der Waals surface area contributed by atoms with E-state index in [1.807, 2.05) is 0 Å². The van der Waals surface area contributed by atoms with E-state index >= 15 is 0 Å². The van der Waals surface area contributed by atoms with E-state index in [2.05, 4.69) is 15.0 Å². The fraction of sp³-hybridized carbons (Fsp3) is 0.273. The van der Waals surface area contributed by atoms with Gasteiger partial charge in [-0.25, -0.2) is 18.7 Å². The zero-order valence-electron chi connectivity index (χ0n) is 16.1. The number of carbonyl (C=O) groups excluding carboxylic acids is 1. The summed E-state index contributed by atoms with van der Waals surface area (Å²) in [6, 6.07) is 8.72. The number of halogens is 2. The molecule has 1 aromatic carbocycles. The molecule has 3 aromatic rings. The zero-order valence-corrected chi connectivity index (χ0v) is 16.1. The summed E-state index contributed by atoms with van der Waals surface area (Å²) in [6.45, 7) is 0.689. The van der Waals surface area contributed by atoms with Crippen LogP contribution in [0.3, 0.4) is 0 Å². The normalized spacial score (nSPS) is 15.8. The number of amides is 1. The molecule has 1 aliphatic rings. The second-order valence-corrected chi connectivity index (χ2v) is 7.44.